The van der Waals surface area contributed by atoms with Crippen molar-refractivity contribution in [2.45, 2.75) is 13.3 Å². The molecule has 2 heterocycles. The Morgan fingerprint density at radius 2 is 1.85 bits per heavy atom. The van der Waals surface area contributed by atoms with Gasteiger partial charge in [0.05, 0.1) is 35.0 Å². The number of halogens is 1. The van der Waals surface area contributed by atoms with Gasteiger partial charge in [0.2, 0.25) is 0 Å². The SMILES string of the molecule is Cc1cc(C(=O)Nc2cc3c(cc2Cl)OCCCO3)c2ccccc2n1. The maximum Gasteiger partial charge on any atom is 0.256 e. The van der Waals surface area contributed by atoms with Gasteiger partial charge >= 0.3 is 0 Å². The first-order valence-electron chi connectivity index (χ1n) is 8.39. The lowest BCUT2D eigenvalue weighted by molar-refractivity contribution is 0.102. The number of carbonyl (C=O) groups is 1. The predicted molar refractivity (Wildman–Crippen MR) is 101 cm³/mol. The van der Waals surface area contributed by atoms with Crippen molar-refractivity contribution in [3.05, 3.63) is 58.7 Å². The standard InChI is InChI=1S/C20H17ClN2O3/c1-12-9-14(13-5-2-3-6-16(13)22-12)20(24)23-17-11-19-18(10-15(17)21)25-7-4-8-26-19/h2-3,5-6,9-11H,4,7-8H2,1H3,(H,23,24). The molecule has 1 N–H and O–H groups in total. The fourth-order valence-electron chi connectivity index (χ4n) is 2.97. The summed E-state index contributed by atoms with van der Waals surface area (Å²) in [6, 6.07) is 12.7. The number of carbonyl (C=O) groups excluding carboxylic acids is 1. The number of hydrogen-bond donors (Lipinski definition) is 1. The van der Waals surface area contributed by atoms with Crippen molar-refractivity contribution in [3.63, 3.8) is 0 Å². The second-order valence-electron chi connectivity index (χ2n) is 6.11. The van der Waals surface area contributed by atoms with Crippen molar-refractivity contribution in [1.29, 1.82) is 0 Å². The van der Waals surface area contributed by atoms with Gasteiger partial charge in [-0.1, -0.05) is 29.8 Å². The highest BCUT2D eigenvalue weighted by Gasteiger charge is 2.17. The Morgan fingerprint density at radius 3 is 2.65 bits per heavy atom. The molecule has 4 rings (SSSR count). The summed E-state index contributed by atoms with van der Waals surface area (Å²) >= 11 is 6.33. The zero-order valence-corrected chi connectivity index (χ0v) is 15.0. The molecule has 3 aromatic rings. The van der Waals surface area contributed by atoms with E-state index in [2.05, 4.69) is 10.3 Å². The van der Waals surface area contributed by atoms with Gasteiger partial charge in [0.15, 0.2) is 11.5 Å². The van der Waals surface area contributed by atoms with Crippen LogP contribution in [0.5, 0.6) is 11.5 Å². The van der Waals surface area contributed by atoms with E-state index in [4.69, 9.17) is 21.1 Å². The third-order valence-corrected chi connectivity index (χ3v) is 4.49. The quantitative estimate of drug-likeness (QED) is 0.717. The Morgan fingerprint density at radius 1 is 1.12 bits per heavy atom. The predicted octanol–water partition coefficient (Wildman–Crippen LogP) is 4.61. The molecule has 5 nitrogen and oxygen atoms in total. The second-order valence-corrected chi connectivity index (χ2v) is 6.52. The van der Waals surface area contributed by atoms with E-state index in [0.717, 1.165) is 23.0 Å². The maximum atomic E-state index is 12.9. The number of fused-ring (bicyclic) bond motifs is 2. The fourth-order valence-corrected chi connectivity index (χ4v) is 3.17. The van der Waals surface area contributed by atoms with E-state index in [1.54, 1.807) is 18.2 Å². The minimum atomic E-state index is -0.247. The molecule has 1 aromatic heterocycles. The lowest BCUT2D eigenvalue weighted by Crippen LogP contribution is -2.13. The van der Waals surface area contributed by atoms with Gasteiger partial charge in [-0.05, 0) is 19.1 Å². The molecule has 0 unspecified atom stereocenters. The molecule has 0 bridgehead atoms. The Kier molecular flexibility index (Phi) is 4.39. The number of para-hydroxylation sites is 1. The monoisotopic (exact) mass is 368 g/mol. The number of aryl methyl sites for hydroxylation is 1. The molecule has 0 spiro atoms. The Labute approximate surface area is 155 Å². The third-order valence-electron chi connectivity index (χ3n) is 4.17. The van der Waals surface area contributed by atoms with Crippen LogP contribution in [0.3, 0.4) is 0 Å². The first kappa shape index (κ1) is 16.7. The molecule has 0 fully saturated rings. The van der Waals surface area contributed by atoms with Crippen LogP contribution in [0, 0.1) is 6.92 Å². The van der Waals surface area contributed by atoms with Crippen LogP contribution in [-0.4, -0.2) is 24.1 Å². The number of rotatable bonds is 2. The Hall–Kier alpha value is -2.79. The lowest BCUT2D eigenvalue weighted by atomic mass is 10.1. The van der Waals surface area contributed by atoms with Crippen molar-refractivity contribution < 1.29 is 14.3 Å². The summed E-state index contributed by atoms with van der Waals surface area (Å²) in [6.07, 6.45) is 0.802. The number of ether oxygens (including phenoxy) is 2. The van der Waals surface area contributed by atoms with Gasteiger partial charge in [-0.3, -0.25) is 9.78 Å². The Balaban J connectivity index is 1.70. The van der Waals surface area contributed by atoms with Crippen LogP contribution >= 0.6 is 11.6 Å². The number of nitrogens with zero attached hydrogens (tertiary/aromatic N) is 1. The van der Waals surface area contributed by atoms with Crippen LogP contribution in [0.25, 0.3) is 10.9 Å². The van der Waals surface area contributed by atoms with Crippen molar-refractivity contribution in [3.8, 4) is 11.5 Å². The van der Waals surface area contributed by atoms with E-state index in [1.807, 2.05) is 31.2 Å². The van der Waals surface area contributed by atoms with E-state index >= 15 is 0 Å². The van der Waals surface area contributed by atoms with Gasteiger partial charge in [-0.2, -0.15) is 0 Å². The van der Waals surface area contributed by atoms with E-state index < -0.39 is 0 Å². The number of anilines is 1. The molecule has 0 aliphatic carbocycles. The number of amides is 1. The molecule has 0 radical (unpaired) electrons. The van der Waals surface area contributed by atoms with Crippen molar-refractivity contribution in [2.75, 3.05) is 18.5 Å². The number of aromatic nitrogens is 1. The van der Waals surface area contributed by atoms with Crippen LogP contribution < -0.4 is 14.8 Å². The molecule has 26 heavy (non-hydrogen) atoms. The topological polar surface area (TPSA) is 60.5 Å². The molecular weight excluding hydrogens is 352 g/mol. The number of nitrogens with one attached hydrogen (secondary N) is 1. The molecule has 0 saturated carbocycles. The average molecular weight is 369 g/mol. The van der Waals surface area contributed by atoms with Crippen molar-refractivity contribution in [1.82, 2.24) is 4.98 Å². The fraction of sp³-hybridized carbons (Fsp3) is 0.200. The summed E-state index contributed by atoms with van der Waals surface area (Å²) < 4.78 is 11.3. The largest absolute Gasteiger partial charge is 0.490 e. The molecule has 0 saturated heterocycles. The van der Waals surface area contributed by atoms with E-state index in [0.29, 0.717) is 41.0 Å². The molecule has 1 amide bonds. The summed E-state index contributed by atoms with van der Waals surface area (Å²) in [6.45, 7) is 3.01. The van der Waals surface area contributed by atoms with Crippen LogP contribution in [0.4, 0.5) is 5.69 Å². The average Bonchev–Trinajstić information content (AvgIpc) is 2.86. The lowest BCUT2D eigenvalue weighted by Gasteiger charge is -2.13. The Bertz CT molecular complexity index is 1000. The number of pyridine rings is 1. The second kappa shape index (κ2) is 6.84. The summed E-state index contributed by atoms with van der Waals surface area (Å²) in [5, 5.41) is 4.08. The molecule has 1 aliphatic heterocycles. The van der Waals surface area contributed by atoms with Gasteiger partial charge in [-0.25, -0.2) is 0 Å². The summed E-state index contributed by atoms with van der Waals surface area (Å²) in [7, 11) is 0. The molecular formula is C20H17ClN2O3. The summed E-state index contributed by atoms with van der Waals surface area (Å²) in [5.41, 5.74) is 2.59. The molecule has 1 aliphatic rings. The smallest absolute Gasteiger partial charge is 0.256 e. The molecule has 2 aromatic carbocycles. The number of benzene rings is 2. The molecule has 6 heteroatoms. The first-order valence-corrected chi connectivity index (χ1v) is 8.76. The van der Waals surface area contributed by atoms with E-state index in [1.165, 1.54) is 0 Å². The third kappa shape index (κ3) is 3.18. The van der Waals surface area contributed by atoms with Gasteiger partial charge < -0.3 is 14.8 Å². The highest BCUT2D eigenvalue weighted by atomic mass is 35.5. The molecule has 132 valence electrons. The summed E-state index contributed by atoms with van der Waals surface area (Å²) in [4.78, 5) is 17.4. The van der Waals surface area contributed by atoms with Crippen LogP contribution in [0.2, 0.25) is 5.02 Å². The van der Waals surface area contributed by atoms with Crippen molar-refractivity contribution >= 4 is 34.1 Å². The van der Waals surface area contributed by atoms with Gasteiger partial charge in [0, 0.05) is 29.6 Å². The highest BCUT2D eigenvalue weighted by Crippen LogP contribution is 2.38. The maximum absolute atomic E-state index is 12.9. The molecule has 0 atom stereocenters. The van der Waals surface area contributed by atoms with Gasteiger partial charge in [0.1, 0.15) is 0 Å². The normalized spacial score (nSPS) is 13.3. The van der Waals surface area contributed by atoms with Crippen LogP contribution in [0.1, 0.15) is 22.5 Å². The zero-order chi connectivity index (χ0) is 18.1. The van der Waals surface area contributed by atoms with Crippen molar-refractivity contribution in [2.24, 2.45) is 0 Å². The highest BCUT2D eigenvalue weighted by molar-refractivity contribution is 6.34. The minimum Gasteiger partial charge on any atom is -0.490 e. The van der Waals surface area contributed by atoms with Crippen LogP contribution in [-0.2, 0) is 0 Å². The van der Waals surface area contributed by atoms with E-state index in [-0.39, 0.29) is 5.91 Å². The number of hydrogen-bond acceptors (Lipinski definition) is 4. The van der Waals surface area contributed by atoms with Gasteiger partial charge in [-0.15, -0.1) is 0 Å². The van der Waals surface area contributed by atoms with E-state index in [9.17, 15) is 4.79 Å². The summed E-state index contributed by atoms with van der Waals surface area (Å²) in [5.74, 6) is 0.928. The van der Waals surface area contributed by atoms with Gasteiger partial charge in [0.25, 0.3) is 5.91 Å². The van der Waals surface area contributed by atoms with Crippen LogP contribution in [0.15, 0.2) is 42.5 Å². The first-order chi connectivity index (χ1) is 12.6. The minimum absolute atomic E-state index is 0.247. The zero-order valence-electron chi connectivity index (χ0n) is 14.2.